The Balaban J connectivity index is 0.00000325. The molecule has 1 radical (unpaired) electrons. The van der Waals surface area contributed by atoms with E-state index in [2.05, 4.69) is 134 Å². The first-order valence-corrected chi connectivity index (χ1v) is 19.6. The summed E-state index contributed by atoms with van der Waals surface area (Å²) in [6, 6.07) is 55.9. The fourth-order valence-electron chi connectivity index (χ4n) is 5.92. The minimum atomic E-state index is -2.12. The molecule has 0 fully saturated rings. The van der Waals surface area contributed by atoms with E-state index in [1.54, 1.807) is 7.05 Å². The molecule has 0 aliphatic rings. The Hall–Kier alpha value is -4.31. The van der Waals surface area contributed by atoms with Crippen LogP contribution in [-0.4, -0.2) is 48.3 Å². The molecule has 0 unspecified atom stereocenters. The predicted octanol–water partition coefficient (Wildman–Crippen LogP) is 3.53. The Bertz CT molecular complexity index is 2090. The van der Waals surface area contributed by atoms with Crippen molar-refractivity contribution in [1.82, 2.24) is 10.6 Å². The predicted molar refractivity (Wildman–Crippen MR) is 226 cm³/mol. The molecule has 0 spiro atoms. The van der Waals surface area contributed by atoms with Gasteiger partial charge >= 0.3 is 17.1 Å². The van der Waals surface area contributed by atoms with Crippen LogP contribution in [0.4, 0.5) is 0 Å². The summed E-state index contributed by atoms with van der Waals surface area (Å²) in [5.41, 5.74) is 2.66. The number of hydrogen-bond acceptors (Lipinski definition) is 7. The molecule has 7 nitrogen and oxygen atoms in total. The molecule has 0 heterocycles. The van der Waals surface area contributed by atoms with E-state index in [9.17, 15) is 0 Å². The summed E-state index contributed by atoms with van der Waals surface area (Å²) in [4.78, 5) is 0. The average Bonchev–Trinajstić information content (AvgIpc) is 3.21. The van der Waals surface area contributed by atoms with Crippen molar-refractivity contribution in [3.63, 3.8) is 0 Å². The molecule has 6 aromatic rings. The van der Waals surface area contributed by atoms with E-state index in [-0.39, 0.29) is 44.4 Å². The number of ether oxygens (including phenoxy) is 1. The van der Waals surface area contributed by atoms with Gasteiger partial charge in [0.15, 0.2) is 6.35 Å². The van der Waals surface area contributed by atoms with Gasteiger partial charge in [-0.05, 0) is 57.5 Å². The van der Waals surface area contributed by atoms with Crippen LogP contribution < -0.4 is 43.5 Å². The molecular formula is C42H38BrCuN6OPS2. The number of hydrogen-bond donors (Lipinski definition) is 2. The quantitative estimate of drug-likeness (QED) is 0.0354. The first kappa shape index (κ1) is 42.4. The summed E-state index contributed by atoms with van der Waals surface area (Å²) in [5, 5.41) is 30.4. The number of nitrogens with zero attached hydrogens (tertiary/aromatic N) is 4. The van der Waals surface area contributed by atoms with Gasteiger partial charge in [0, 0.05) is 24.7 Å². The molecule has 0 bridgehead atoms. The second-order valence-corrected chi connectivity index (χ2v) is 15.8. The van der Waals surface area contributed by atoms with Gasteiger partial charge in [-0.25, -0.2) is 0 Å². The van der Waals surface area contributed by atoms with Crippen LogP contribution in [0.25, 0.3) is 10.8 Å². The largest absolute Gasteiger partial charge is 2.00 e. The summed E-state index contributed by atoms with van der Waals surface area (Å²) >= 11 is 11.0. The minimum Gasteiger partial charge on any atom is -1.00 e. The second kappa shape index (κ2) is 21.5. The zero-order valence-electron chi connectivity index (χ0n) is 29.4. The van der Waals surface area contributed by atoms with E-state index < -0.39 is 7.26 Å². The summed E-state index contributed by atoms with van der Waals surface area (Å²) < 4.78 is 6.51. The van der Waals surface area contributed by atoms with Crippen molar-refractivity contribution in [2.45, 2.75) is 0 Å². The molecule has 6 aromatic carbocycles. The van der Waals surface area contributed by atoms with E-state index in [1.807, 2.05) is 60.7 Å². The summed E-state index contributed by atoms with van der Waals surface area (Å²) in [6.45, 7) is 0.870. The van der Waals surface area contributed by atoms with Crippen molar-refractivity contribution >= 4 is 81.0 Å². The van der Waals surface area contributed by atoms with Crippen LogP contribution >= 0.6 is 7.26 Å². The number of rotatable bonds is 13. The molecule has 0 aliphatic heterocycles. The van der Waals surface area contributed by atoms with Crippen molar-refractivity contribution in [2.75, 3.05) is 26.5 Å². The number of fused-ring (bicyclic) bond motifs is 1. The van der Waals surface area contributed by atoms with Gasteiger partial charge in [-0.15, -0.1) is 10.2 Å². The van der Waals surface area contributed by atoms with Crippen LogP contribution in [0, 0.1) is 0 Å². The molecular weight excluding hydrogens is 843 g/mol. The third-order valence-electron chi connectivity index (χ3n) is 8.41. The standard InChI is InChI=1S/C42H39N6OPS2.BrH.Cu/c1-43-41(51)47-46-40(38-28-16-20-32-17-14-15-27-37(32)38)39(33-18-6-2-7-19-33)45-48-42(52)44-29-30-49-31-50(34-21-8-3-9-22-34,35-23-10-4-11-24-35)36-25-12-5-13-26-36;;/h2-28H,29-31H2,1H3,(H3-,43,44,45,46,47,48,51,52);1H;/q;;+2/p-2. The molecule has 0 atom stereocenters. The Kier molecular flexibility index (Phi) is 16.9. The van der Waals surface area contributed by atoms with Crippen LogP contribution in [0.15, 0.2) is 184 Å². The van der Waals surface area contributed by atoms with Gasteiger partial charge in [-0.3, -0.25) is 0 Å². The van der Waals surface area contributed by atoms with Gasteiger partial charge in [-0.2, -0.15) is 10.2 Å². The van der Waals surface area contributed by atoms with E-state index in [0.717, 1.165) is 21.9 Å². The summed E-state index contributed by atoms with van der Waals surface area (Å²) in [6.07, 6.45) is 0.537. The van der Waals surface area contributed by atoms with Crippen LogP contribution in [0.5, 0.6) is 0 Å². The smallest absolute Gasteiger partial charge is 1.00 e. The molecule has 54 heavy (non-hydrogen) atoms. The van der Waals surface area contributed by atoms with Crippen molar-refractivity contribution in [1.29, 1.82) is 0 Å². The van der Waals surface area contributed by atoms with E-state index in [4.69, 9.17) is 30.0 Å². The minimum absolute atomic E-state index is 0. The van der Waals surface area contributed by atoms with Crippen LogP contribution in [0.3, 0.4) is 0 Å². The molecule has 0 aliphatic carbocycles. The first-order chi connectivity index (χ1) is 25.6. The maximum absolute atomic E-state index is 6.51. The number of benzene rings is 6. The molecule has 0 saturated heterocycles. The Morgan fingerprint density at radius 3 is 1.63 bits per heavy atom. The zero-order chi connectivity index (χ0) is 36.0. The SMILES string of the molecule is CNC([S-])=NN=C(C(=NN=C([S-])NCCOC[P+](c1ccccc1)(c1ccccc1)c1ccccc1)c1ccccc1)c1cccc2ccccc12.[Br-].[Cu+2]. The molecule has 277 valence electrons. The van der Waals surface area contributed by atoms with E-state index >= 15 is 0 Å². The van der Waals surface area contributed by atoms with Crippen molar-refractivity contribution in [3.8, 4) is 0 Å². The molecule has 0 amide bonds. The fraction of sp³-hybridized carbons (Fsp3) is 0.0952. The molecule has 12 heteroatoms. The number of halogens is 1. The van der Waals surface area contributed by atoms with Gasteiger partial charge in [-0.1, -0.05) is 127 Å². The monoisotopic (exact) mass is 879 g/mol. The van der Waals surface area contributed by atoms with E-state index in [1.165, 1.54) is 15.9 Å². The van der Waals surface area contributed by atoms with Gasteiger partial charge in [0.1, 0.15) is 34.6 Å². The van der Waals surface area contributed by atoms with Crippen LogP contribution in [-0.2, 0) is 47.1 Å². The fourth-order valence-corrected chi connectivity index (χ4v) is 9.90. The Labute approximate surface area is 349 Å². The Morgan fingerprint density at radius 1 is 0.574 bits per heavy atom. The van der Waals surface area contributed by atoms with Crippen molar-refractivity contribution < 1.29 is 38.8 Å². The number of amidine groups is 2. The molecule has 2 N–H and O–H groups in total. The molecule has 0 saturated carbocycles. The zero-order valence-corrected chi connectivity index (χ0v) is 34.4. The summed E-state index contributed by atoms with van der Waals surface area (Å²) in [7, 11) is -0.406. The van der Waals surface area contributed by atoms with E-state index in [0.29, 0.717) is 30.9 Å². The third kappa shape index (κ3) is 10.5. The average molecular weight is 881 g/mol. The normalized spacial score (nSPS) is 12.4. The second-order valence-electron chi connectivity index (χ2n) is 11.6. The van der Waals surface area contributed by atoms with Crippen molar-refractivity contribution in [3.05, 3.63) is 175 Å². The van der Waals surface area contributed by atoms with Gasteiger partial charge < -0.3 is 57.6 Å². The van der Waals surface area contributed by atoms with Crippen molar-refractivity contribution in [2.24, 2.45) is 20.4 Å². The topological polar surface area (TPSA) is 82.7 Å². The number of nitrogens with one attached hydrogen (secondary N) is 2. The first-order valence-electron chi connectivity index (χ1n) is 16.8. The summed E-state index contributed by atoms with van der Waals surface area (Å²) in [5.74, 6) is 0. The molecule has 0 aromatic heterocycles. The van der Waals surface area contributed by atoms with Crippen LogP contribution in [0.2, 0.25) is 0 Å². The van der Waals surface area contributed by atoms with Gasteiger partial charge in [0.2, 0.25) is 0 Å². The molecule has 6 rings (SSSR count). The van der Waals surface area contributed by atoms with Gasteiger partial charge in [0.05, 0.1) is 6.61 Å². The third-order valence-corrected chi connectivity index (χ3v) is 13.0. The Morgan fingerprint density at radius 2 is 1.06 bits per heavy atom. The van der Waals surface area contributed by atoms with Gasteiger partial charge in [0.25, 0.3) is 0 Å². The maximum atomic E-state index is 6.51. The maximum Gasteiger partial charge on any atom is 2.00 e. The van der Waals surface area contributed by atoms with Crippen LogP contribution in [0.1, 0.15) is 11.1 Å².